The van der Waals surface area contributed by atoms with Crippen LogP contribution in [0.3, 0.4) is 0 Å². The second kappa shape index (κ2) is 10.3. The highest BCUT2D eigenvalue weighted by molar-refractivity contribution is 5.96. The number of carbonyl (C=O) groups excluding carboxylic acids is 2. The predicted molar refractivity (Wildman–Crippen MR) is 124 cm³/mol. The highest BCUT2D eigenvalue weighted by atomic mass is 19.1. The number of hydrogen-bond donors (Lipinski definition) is 0. The number of likely N-dealkylation sites (tertiary alicyclic amines) is 1. The van der Waals surface area contributed by atoms with Crippen molar-refractivity contribution >= 4 is 17.5 Å². The maximum Gasteiger partial charge on any atom is 0.230 e. The second-order valence-electron chi connectivity index (χ2n) is 8.98. The average Bonchev–Trinajstić information content (AvgIpc) is 3.67. The van der Waals surface area contributed by atoms with Gasteiger partial charge in [0.25, 0.3) is 0 Å². The van der Waals surface area contributed by atoms with E-state index in [1.54, 1.807) is 12.1 Å². The summed E-state index contributed by atoms with van der Waals surface area (Å²) in [6.45, 7) is 3.37. The van der Waals surface area contributed by atoms with Crippen molar-refractivity contribution in [3.8, 4) is 0 Å². The molecule has 1 saturated heterocycles. The molecule has 0 radical (unpaired) electrons. The third-order valence-electron chi connectivity index (χ3n) is 6.67. The molecule has 32 heavy (non-hydrogen) atoms. The quantitative estimate of drug-likeness (QED) is 0.632. The molecule has 4 rings (SSSR count). The molecule has 0 atom stereocenters. The van der Waals surface area contributed by atoms with Gasteiger partial charge in [0.1, 0.15) is 5.82 Å². The van der Waals surface area contributed by atoms with Crippen LogP contribution < -0.4 is 4.90 Å². The third kappa shape index (κ3) is 5.74. The molecule has 2 fully saturated rings. The standard InChI is InChI=1S/C26H32FN3O2/c1-28(25(31)19-20-7-11-22(27)12-8-20)23-13-15-29(16-14-23)17-18-30(26(32)21-9-10-21)24-5-3-2-4-6-24/h2-8,11-12,21,23H,9-10,13-19H2,1H3. The SMILES string of the molecule is CN(C(=O)Cc1ccc(F)cc1)C1CCN(CCN(C(=O)C2CC2)c2ccccc2)CC1. The monoisotopic (exact) mass is 437 g/mol. The summed E-state index contributed by atoms with van der Waals surface area (Å²) in [5, 5.41) is 0. The first-order valence-electron chi connectivity index (χ1n) is 11.6. The Morgan fingerprint density at radius 3 is 2.25 bits per heavy atom. The summed E-state index contributed by atoms with van der Waals surface area (Å²) in [5.74, 6) is 0.228. The van der Waals surface area contributed by atoms with Crippen LogP contribution in [0.25, 0.3) is 0 Å². The lowest BCUT2D eigenvalue weighted by atomic mass is 10.0. The number of amides is 2. The zero-order valence-corrected chi connectivity index (χ0v) is 18.8. The topological polar surface area (TPSA) is 43.9 Å². The Hall–Kier alpha value is -2.73. The molecule has 2 aliphatic rings. The van der Waals surface area contributed by atoms with Gasteiger partial charge in [0, 0.05) is 50.9 Å². The van der Waals surface area contributed by atoms with Crippen LogP contribution in [0.4, 0.5) is 10.1 Å². The first kappa shape index (κ1) is 22.5. The number of para-hydroxylation sites is 1. The van der Waals surface area contributed by atoms with Gasteiger partial charge < -0.3 is 14.7 Å². The van der Waals surface area contributed by atoms with Crippen LogP contribution in [0.15, 0.2) is 54.6 Å². The van der Waals surface area contributed by atoms with Crippen LogP contribution in [-0.2, 0) is 16.0 Å². The largest absolute Gasteiger partial charge is 0.342 e. The Kier molecular flexibility index (Phi) is 7.20. The summed E-state index contributed by atoms with van der Waals surface area (Å²) < 4.78 is 13.1. The summed E-state index contributed by atoms with van der Waals surface area (Å²) in [7, 11) is 1.87. The van der Waals surface area contributed by atoms with Crippen molar-refractivity contribution in [1.29, 1.82) is 0 Å². The number of likely N-dealkylation sites (N-methyl/N-ethyl adjacent to an activating group) is 1. The molecular formula is C26H32FN3O2. The molecule has 2 aromatic carbocycles. The molecule has 2 amide bonds. The zero-order valence-electron chi connectivity index (χ0n) is 18.8. The van der Waals surface area contributed by atoms with Crippen molar-refractivity contribution in [2.24, 2.45) is 5.92 Å². The lowest BCUT2D eigenvalue weighted by Crippen LogP contribution is -2.48. The van der Waals surface area contributed by atoms with E-state index in [0.29, 0.717) is 13.0 Å². The van der Waals surface area contributed by atoms with Gasteiger partial charge in [-0.25, -0.2) is 4.39 Å². The minimum atomic E-state index is -0.286. The number of anilines is 1. The third-order valence-corrected chi connectivity index (χ3v) is 6.67. The molecule has 1 heterocycles. The number of rotatable bonds is 8. The van der Waals surface area contributed by atoms with Gasteiger partial charge in [-0.15, -0.1) is 0 Å². The van der Waals surface area contributed by atoms with Crippen LogP contribution >= 0.6 is 0 Å². The van der Waals surface area contributed by atoms with Crippen molar-refractivity contribution < 1.29 is 14.0 Å². The average molecular weight is 438 g/mol. The maximum atomic E-state index is 13.1. The predicted octanol–water partition coefficient (Wildman–Crippen LogP) is 3.73. The first-order valence-corrected chi connectivity index (χ1v) is 11.6. The zero-order chi connectivity index (χ0) is 22.5. The molecule has 6 heteroatoms. The minimum Gasteiger partial charge on any atom is -0.342 e. The molecule has 1 aliphatic carbocycles. The molecule has 1 aliphatic heterocycles. The van der Waals surface area contributed by atoms with Gasteiger partial charge in [0.05, 0.1) is 6.42 Å². The molecule has 0 N–H and O–H groups in total. The van der Waals surface area contributed by atoms with Gasteiger partial charge in [-0.3, -0.25) is 9.59 Å². The normalized spacial score (nSPS) is 17.2. The van der Waals surface area contributed by atoms with E-state index in [1.807, 2.05) is 47.2 Å². The fourth-order valence-corrected chi connectivity index (χ4v) is 4.40. The molecule has 170 valence electrons. The van der Waals surface area contributed by atoms with Gasteiger partial charge in [-0.1, -0.05) is 30.3 Å². The number of piperidine rings is 1. The number of halogens is 1. The van der Waals surface area contributed by atoms with E-state index in [4.69, 9.17) is 0 Å². The number of benzene rings is 2. The number of hydrogen-bond acceptors (Lipinski definition) is 3. The van der Waals surface area contributed by atoms with Crippen LogP contribution in [0.2, 0.25) is 0 Å². The van der Waals surface area contributed by atoms with Crippen LogP contribution in [0, 0.1) is 11.7 Å². The lowest BCUT2D eigenvalue weighted by molar-refractivity contribution is -0.132. The summed E-state index contributed by atoms with van der Waals surface area (Å²) in [6, 6.07) is 16.3. The fourth-order valence-electron chi connectivity index (χ4n) is 4.40. The molecule has 0 bridgehead atoms. The molecule has 1 saturated carbocycles. The van der Waals surface area contributed by atoms with Gasteiger partial charge in [0.15, 0.2) is 0 Å². The molecule has 2 aromatic rings. The molecule has 0 unspecified atom stereocenters. The van der Waals surface area contributed by atoms with Gasteiger partial charge in [0.2, 0.25) is 11.8 Å². The Labute approximate surface area is 189 Å². The molecule has 0 aromatic heterocycles. The summed E-state index contributed by atoms with van der Waals surface area (Å²) >= 11 is 0. The minimum absolute atomic E-state index is 0.0698. The summed E-state index contributed by atoms with van der Waals surface area (Å²) in [4.78, 5) is 31.7. The highest BCUT2D eigenvalue weighted by Gasteiger charge is 2.34. The maximum absolute atomic E-state index is 13.1. The summed E-state index contributed by atoms with van der Waals surface area (Å²) in [5.41, 5.74) is 1.81. The van der Waals surface area contributed by atoms with E-state index in [1.165, 1.54) is 12.1 Å². The number of nitrogens with zero attached hydrogens (tertiary/aromatic N) is 3. The van der Waals surface area contributed by atoms with Crippen molar-refractivity contribution in [2.75, 3.05) is 38.1 Å². The Morgan fingerprint density at radius 1 is 0.969 bits per heavy atom. The van der Waals surface area contributed by atoms with Crippen LogP contribution in [0.1, 0.15) is 31.2 Å². The van der Waals surface area contributed by atoms with Crippen molar-refractivity contribution in [3.05, 3.63) is 66.0 Å². The van der Waals surface area contributed by atoms with Gasteiger partial charge in [-0.2, -0.15) is 0 Å². The van der Waals surface area contributed by atoms with E-state index in [2.05, 4.69) is 4.90 Å². The van der Waals surface area contributed by atoms with E-state index < -0.39 is 0 Å². The Balaban J connectivity index is 1.26. The van der Waals surface area contributed by atoms with Crippen LogP contribution in [-0.4, -0.2) is 60.9 Å². The van der Waals surface area contributed by atoms with E-state index in [0.717, 1.165) is 56.6 Å². The summed E-state index contributed by atoms with van der Waals surface area (Å²) in [6.07, 6.45) is 4.16. The molecule has 5 nitrogen and oxygen atoms in total. The fraction of sp³-hybridized carbons (Fsp3) is 0.462. The van der Waals surface area contributed by atoms with Crippen molar-refractivity contribution in [2.45, 2.75) is 38.1 Å². The Morgan fingerprint density at radius 2 is 1.62 bits per heavy atom. The second-order valence-corrected chi connectivity index (χ2v) is 8.98. The van der Waals surface area contributed by atoms with E-state index in [9.17, 15) is 14.0 Å². The van der Waals surface area contributed by atoms with Crippen molar-refractivity contribution in [1.82, 2.24) is 9.80 Å². The lowest BCUT2D eigenvalue weighted by Gasteiger charge is -2.37. The van der Waals surface area contributed by atoms with E-state index >= 15 is 0 Å². The highest BCUT2D eigenvalue weighted by Crippen LogP contribution is 2.32. The first-order chi connectivity index (χ1) is 15.5. The van der Waals surface area contributed by atoms with Gasteiger partial charge >= 0.3 is 0 Å². The van der Waals surface area contributed by atoms with Crippen molar-refractivity contribution in [3.63, 3.8) is 0 Å². The van der Waals surface area contributed by atoms with Crippen LogP contribution in [0.5, 0.6) is 0 Å². The van der Waals surface area contributed by atoms with E-state index in [-0.39, 0.29) is 29.6 Å². The Bertz CT molecular complexity index is 906. The molecular weight excluding hydrogens is 405 g/mol. The molecule has 0 spiro atoms. The number of carbonyl (C=O) groups is 2. The smallest absolute Gasteiger partial charge is 0.230 e. The van der Waals surface area contributed by atoms with Gasteiger partial charge in [-0.05, 0) is 55.5 Å².